The van der Waals surface area contributed by atoms with Gasteiger partial charge in [0.15, 0.2) is 27.2 Å². The van der Waals surface area contributed by atoms with Crippen molar-refractivity contribution in [3.63, 3.8) is 0 Å². The highest BCUT2D eigenvalue weighted by molar-refractivity contribution is 7.90. The molecule has 0 spiro atoms. The number of benzene rings is 1. The predicted octanol–water partition coefficient (Wildman–Crippen LogP) is 2.28. The predicted molar refractivity (Wildman–Crippen MR) is 108 cm³/mol. The van der Waals surface area contributed by atoms with Crippen LogP contribution in [0.5, 0.6) is 0 Å². The van der Waals surface area contributed by atoms with Crippen LogP contribution in [0.1, 0.15) is 42.1 Å². The molecule has 0 atom stereocenters. The second kappa shape index (κ2) is 9.04. The van der Waals surface area contributed by atoms with E-state index in [4.69, 9.17) is 16.4 Å². The Morgan fingerprint density at radius 2 is 1.83 bits per heavy atom. The highest BCUT2D eigenvalue weighted by Crippen LogP contribution is 2.32. The van der Waals surface area contributed by atoms with E-state index < -0.39 is 33.1 Å². The molecule has 1 aliphatic rings. The van der Waals surface area contributed by atoms with Crippen LogP contribution in [0.4, 0.5) is 0 Å². The van der Waals surface area contributed by atoms with Crippen molar-refractivity contribution in [3.05, 3.63) is 28.3 Å². The average molecular weight is 443 g/mol. The van der Waals surface area contributed by atoms with Crippen molar-refractivity contribution in [2.45, 2.75) is 37.7 Å². The zero-order valence-corrected chi connectivity index (χ0v) is 18.3. The lowest BCUT2D eigenvalue weighted by Gasteiger charge is -2.20. The first kappa shape index (κ1) is 23.0. The molecule has 1 aromatic rings. The van der Waals surface area contributed by atoms with Gasteiger partial charge >= 0.3 is 0 Å². The van der Waals surface area contributed by atoms with Crippen LogP contribution in [0.3, 0.4) is 0 Å². The summed E-state index contributed by atoms with van der Waals surface area (Å²) in [6, 6.07) is 2.46. The molecule has 0 radical (unpaired) electrons. The van der Waals surface area contributed by atoms with E-state index >= 15 is 0 Å². The Labute approximate surface area is 174 Å². The molecule has 10 heteroatoms. The number of amidine groups is 1. The molecular weight excluding hydrogens is 420 g/mol. The fourth-order valence-electron chi connectivity index (χ4n) is 2.90. The summed E-state index contributed by atoms with van der Waals surface area (Å²) in [4.78, 5) is 43.9. The van der Waals surface area contributed by atoms with E-state index in [9.17, 15) is 22.8 Å². The van der Waals surface area contributed by atoms with Crippen LogP contribution >= 0.6 is 11.6 Å². The van der Waals surface area contributed by atoms with E-state index in [1.807, 2.05) is 0 Å². The summed E-state index contributed by atoms with van der Waals surface area (Å²) >= 11 is 6.36. The summed E-state index contributed by atoms with van der Waals surface area (Å²) in [5.41, 5.74) is -0.0365. The lowest BCUT2D eigenvalue weighted by Crippen LogP contribution is -2.35. The third-order valence-corrected chi connectivity index (χ3v) is 6.28. The number of carbonyl (C=O) groups excluding carboxylic acids is 3. The number of carbonyl (C=O) groups is 3. The van der Waals surface area contributed by atoms with Gasteiger partial charge in [-0.2, -0.15) is 0 Å². The summed E-state index contributed by atoms with van der Waals surface area (Å²) in [7, 11) is -0.163. The smallest absolute Gasteiger partial charge is 0.182 e. The number of oxime groups is 1. The van der Waals surface area contributed by atoms with Gasteiger partial charge in [-0.25, -0.2) is 8.42 Å². The van der Waals surface area contributed by atoms with Gasteiger partial charge < -0.3 is 9.74 Å². The maximum atomic E-state index is 12.9. The van der Waals surface area contributed by atoms with Crippen molar-refractivity contribution in [2.75, 3.05) is 20.4 Å². The first-order valence-corrected chi connectivity index (χ1v) is 11.2. The number of ketones is 3. The zero-order chi connectivity index (χ0) is 21.9. The minimum absolute atomic E-state index is 0.0473. The second-order valence-corrected chi connectivity index (χ2v) is 9.43. The van der Waals surface area contributed by atoms with Crippen LogP contribution in [0, 0.1) is 5.92 Å². The molecular formula is C19H23ClN2O6S. The maximum absolute atomic E-state index is 12.9. The SMILES string of the molecule is C/C(=N\OCc1c(S(C)(=O)=O)ccc(C(=O)C2C(=O)CCCC2=O)c1Cl)N(C)C. The monoisotopic (exact) mass is 442 g/mol. The Hall–Kier alpha value is -2.26. The van der Waals surface area contributed by atoms with Crippen LogP contribution in [-0.2, 0) is 30.9 Å². The number of sulfone groups is 1. The van der Waals surface area contributed by atoms with Crippen molar-refractivity contribution in [2.24, 2.45) is 11.1 Å². The molecule has 0 bridgehead atoms. The largest absolute Gasteiger partial charge is 0.389 e. The molecule has 8 nitrogen and oxygen atoms in total. The van der Waals surface area contributed by atoms with Gasteiger partial charge in [0, 0.05) is 44.3 Å². The van der Waals surface area contributed by atoms with Gasteiger partial charge in [0.2, 0.25) is 0 Å². The molecule has 0 aromatic heterocycles. The molecule has 0 aliphatic heterocycles. The number of hydrogen-bond donors (Lipinski definition) is 0. The Morgan fingerprint density at radius 3 is 2.34 bits per heavy atom. The highest BCUT2D eigenvalue weighted by atomic mass is 35.5. The highest BCUT2D eigenvalue weighted by Gasteiger charge is 2.38. The number of nitrogens with zero attached hydrogens (tertiary/aromatic N) is 2. The third kappa shape index (κ3) is 5.22. The molecule has 29 heavy (non-hydrogen) atoms. The zero-order valence-electron chi connectivity index (χ0n) is 16.7. The Balaban J connectivity index is 2.48. The minimum Gasteiger partial charge on any atom is -0.389 e. The molecule has 1 aliphatic carbocycles. The van der Waals surface area contributed by atoms with Crippen molar-refractivity contribution in [3.8, 4) is 0 Å². The van der Waals surface area contributed by atoms with Gasteiger partial charge in [-0.05, 0) is 25.5 Å². The Bertz CT molecular complexity index is 969. The summed E-state index contributed by atoms with van der Waals surface area (Å²) in [6.45, 7) is 1.39. The van der Waals surface area contributed by atoms with E-state index in [1.54, 1.807) is 25.9 Å². The minimum atomic E-state index is -3.68. The molecule has 0 amide bonds. The van der Waals surface area contributed by atoms with Gasteiger partial charge in [0.25, 0.3) is 0 Å². The first-order chi connectivity index (χ1) is 13.4. The molecule has 1 fully saturated rings. The lowest BCUT2D eigenvalue weighted by molar-refractivity contribution is -0.133. The van der Waals surface area contributed by atoms with E-state index in [0.29, 0.717) is 12.3 Å². The van der Waals surface area contributed by atoms with Gasteiger partial charge in [-0.1, -0.05) is 16.8 Å². The number of hydrogen-bond acceptors (Lipinski definition) is 7. The fraction of sp³-hybridized carbons (Fsp3) is 0.474. The first-order valence-electron chi connectivity index (χ1n) is 8.90. The molecule has 0 unspecified atom stereocenters. The van der Waals surface area contributed by atoms with Gasteiger partial charge in [-0.15, -0.1) is 0 Å². The molecule has 0 heterocycles. The molecule has 1 aromatic carbocycles. The van der Waals surface area contributed by atoms with Gasteiger partial charge in [-0.3, -0.25) is 14.4 Å². The molecule has 2 rings (SSSR count). The number of halogens is 1. The third-order valence-electron chi connectivity index (χ3n) is 4.67. The average Bonchev–Trinajstić information content (AvgIpc) is 2.61. The van der Waals surface area contributed by atoms with Crippen LogP contribution in [0.15, 0.2) is 22.2 Å². The van der Waals surface area contributed by atoms with E-state index in [2.05, 4.69) is 5.16 Å². The lowest BCUT2D eigenvalue weighted by atomic mass is 9.81. The number of Topliss-reactive ketones (excluding diaryl/α,β-unsaturated/α-hetero) is 3. The fourth-order valence-corrected chi connectivity index (χ4v) is 4.19. The molecule has 1 saturated carbocycles. The summed E-state index contributed by atoms with van der Waals surface area (Å²) in [5, 5.41) is 3.70. The maximum Gasteiger partial charge on any atom is 0.182 e. The van der Waals surface area contributed by atoms with E-state index in [0.717, 1.165) is 6.26 Å². The Morgan fingerprint density at radius 1 is 1.24 bits per heavy atom. The standard InChI is InChI=1S/C19H23ClN2O6S/c1-11(22(2)3)21-28-10-13-16(29(4,26)27)9-8-12(18(13)20)19(25)17-14(23)6-5-7-15(17)24/h8-9,17H,5-7,10H2,1-4H3/b21-11+. The van der Waals surface area contributed by atoms with Crippen molar-refractivity contribution >= 4 is 44.6 Å². The molecule has 0 saturated heterocycles. The molecule has 0 N–H and O–H groups in total. The van der Waals surface area contributed by atoms with Crippen molar-refractivity contribution in [1.29, 1.82) is 0 Å². The number of rotatable bonds is 6. The van der Waals surface area contributed by atoms with Crippen LogP contribution in [0.2, 0.25) is 5.02 Å². The molecule has 158 valence electrons. The van der Waals surface area contributed by atoms with Crippen molar-refractivity contribution < 1.29 is 27.6 Å². The second-order valence-electron chi connectivity index (χ2n) is 7.07. The summed E-state index contributed by atoms with van der Waals surface area (Å²) in [6.07, 6.45) is 1.72. The quantitative estimate of drug-likeness (QED) is 0.218. The van der Waals surface area contributed by atoms with Gasteiger partial charge in [0.05, 0.1) is 9.92 Å². The van der Waals surface area contributed by atoms with Crippen molar-refractivity contribution in [1.82, 2.24) is 4.90 Å². The summed E-state index contributed by atoms with van der Waals surface area (Å²) in [5.74, 6) is -2.48. The van der Waals surface area contributed by atoms with Crippen LogP contribution < -0.4 is 0 Å². The van der Waals surface area contributed by atoms with Crippen LogP contribution in [0.25, 0.3) is 0 Å². The summed E-state index contributed by atoms with van der Waals surface area (Å²) < 4.78 is 24.3. The van der Waals surface area contributed by atoms with E-state index in [1.165, 1.54) is 12.1 Å². The Kier molecular flexibility index (Phi) is 7.18. The topological polar surface area (TPSA) is 110 Å². The van der Waals surface area contributed by atoms with E-state index in [-0.39, 0.29) is 40.5 Å². The van der Waals surface area contributed by atoms with Crippen LogP contribution in [-0.4, -0.2) is 56.9 Å². The normalized spacial score (nSPS) is 16.1. The van der Waals surface area contributed by atoms with Gasteiger partial charge in [0.1, 0.15) is 18.4 Å².